The van der Waals surface area contributed by atoms with Crippen molar-refractivity contribution in [2.75, 3.05) is 18.0 Å². The van der Waals surface area contributed by atoms with Gasteiger partial charge in [-0.25, -0.2) is 0 Å². The van der Waals surface area contributed by atoms with Crippen molar-refractivity contribution in [1.82, 2.24) is 4.37 Å². The molecule has 2 rings (SSSR count). The van der Waals surface area contributed by atoms with Crippen molar-refractivity contribution in [2.24, 2.45) is 0 Å². The van der Waals surface area contributed by atoms with Gasteiger partial charge >= 0.3 is 0 Å². The Morgan fingerprint density at radius 3 is 2.58 bits per heavy atom. The second-order valence-electron chi connectivity index (χ2n) is 3.00. The summed E-state index contributed by atoms with van der Waals surface area (Å²) >= 11 is 1.62. The fraction of sp³-hybridized carbons (Fsp3) is 0.625. The molecular formula is C8H13ClN2S. The minimum atomic E-state index is 0. The van der Waals surface area contributed by atoms with E-state index in [9.17, 15) is 0 Å². The molecule has 0 atom stereocenters. The maximum absolute atomic E-state index is 4.26. The van der Waals surface area contributed by atoms with Crippen molar-refractivity contribution in [3.8, 4) is 0 Å². The number of nitrogens with zero attached hydrogens (tertiary/aromatic N) is 2. The van der Waals surface area contributed by atoms with Crippen LogP contribution in [0, 0.1) is 6.92 Å². The molecule has 0 amide bonds. The largest absolute Gasteiger partial charge is 0.362 e. The first-order valence-corrected chi connectivity index (χ1v) is 4.82. The third-order valence-electron chi connectivity index (χ3n) is 2.03. The summed E-state index contributed by atoms with van der Waals surface area (Å²) in [7, 11) is 0. The standard InChI is InChI=1S/C8H12N2S.ClH/c1-7-6-8(11-9-7)10-4-2-3-5-10;/h6H,2-5H2,1H3;1H. The summed E-state index contributed by atoms with van der Waals surface area (Å²) in [6.07, 6.45) is 2.69. The number of hydrogen-bond donors (Lipinski definition) is 0. The van der Waals surface area contributed by atoms with Crippen molar-refractivity contribution >= 4 is 28.9 Å². The minimum absolute atomic E-state index is 0. The van der Waals surface area contributed by atoms with Crippen LogP contribution in [-0.4, -0.2) is 17.5 Å². The van der Waals surface area contributed by atoms with E-state index in [-0.39, 0.29) is 12.4 Å². The van der Waals surface area contributed by atoms with Crippen LogP contribution in [0.1, 0.15) is 18.5 Å². The van der Waals surface area contributed by atoms with Crippen molar-refractivity contribution in [3.63, 3.8) is 0 Å². The third-order valence-corrected chi connectivity index (χ3v) is 2.98. The second-order valence-corrected chi connectivity index (χ2v) is 3.78. The topological polar surface area (TPSA) is 16.1 Å². The van der Waals surface area contributed by atoms with Crippen LogP contribution in [0.25, 0.3) is 0 Å². The van der Waals surface area contributed by atoms with E-state index in [1.807, 2.05) is 0 Å². The summed E-state index contributed by atoms with van der Waals surface area (Å²) in [5, 5.41) is 1.35. The molecule has 0 saturated carbocycles. The van der Waals surface area contributed by atoms with Crippen LogP contribution < -0.4 is 4.90 Å². The van der Waals surface area contributed by atoms with E-state index in [1.165, 1.54) is 30.9 Å². The lowest BCUT2D eigenvalue weighted by molar-refractivity contribution is 0.949. The summed E-state index contributed by atoms with van der Waals surface area (Å²) in [4.78, 5) is 2.42. The van der Waals surface area contributed by atoms with Gasteiger partial charge in [-0.05, 0) is 37.4 Å². The van der Waals surface area contributed by atoms with Crippen LogP contribution in [0.15, 0.2) is 6.07 Å². The molecule has 1 aromatic rings. The molecule has 1 aliphatic rings. The van der Waals surface area contributed by atoms with Gasteiger partial charge in [0.25, 0.3) is 0 Å². The summed E-state index contributed by atoms with van der Waals surface area (Å²) < 4.78 is 4.26. The van der Waals surface area contributed by atoms with Gasteiger partial charge in [0.15, 0.2) is 0 Å². The monoisotopic (exact) mass is 204 g/mol. The quantitative estimate of drug-likeness (QED) is 0.699. The molecule has 0 spiro atoms. The van der Waals surface area contributed by atoms with E-state index < -0.39 is 0 Å². The van der Waals surface area contributed by atoms with Gasteiger partial charge in [0.05, 0.1) is 5.69 Å². The van der Waals surface area contributed by atoms with Crippen LogP contribution in [0.5, 0.6) is 0 Å². The first-order valence-electron chi connectivity index (χ1n) is 4.04. The van der Waals surface area contributed by atoms with Gasteiger partial charge in [0.2, 0.25) is 0 Å². The predicted octanol–water partition coefficient (Wildman–Crippen LogP) is 2.47. The van der Waals surface area contributed by atoms with Gasteiger partial charge in [-0.2, -0.15) is 4.37 Å². The lowest BCUT2D eigenvalue weighted by Crippen LogP contribution is -2.15. The smallest absolute Gasteiger partial charge is 0.112 e. The zero-order valence-corrected chi connectivity index (χ0v) is 8.75. The molecule has 1 fully saturated rings. The van der Waals surface area contributed by atoms with E-state index in [0.29, 0.717) is 0 Å². The molecule has 0 aromatic carbocycles. The van der Waals surface area contributed by atoms with Crippen molar-refractivity contribution in [1.29, 1.82) is 0 Å². The molecule has 0 bridgehead atoms. The highest BCUT2D eigenvalue weighted by molar-refractivity contribution is 7.10. The number of halogens is 1. The minimum Gasteiger partial charge on any atom is -0.362 e. The molecule has 12 heavy (non-hydrogen) atoms. The molecule has 2 heterocycles. The fourth-order valence-electron chi connectivity index (χ4n) is 1.44. The summed E-state index contributed by atoms with van der Waals surface area (Å²) in [6, 6.07) is 2.18. The van der Waals surface area contributed by atoms with Crippen LogP contribution in [0.3, 0.4) is 0 Å². The van der Waals surface area contributed by atoms with Gasteiger partial charge in [-0.3, -0.25) is 0 Å². The number of aryl methyl sites for hydroxylation is 1. The SMILES string of the molecule is Cc1cc(N2CCCC2)sn1.Cl. The Kier molecular flexibility index (Phi) is 3.35. The maximum Gasteiger partial charge on any atom is 0.112 e. The number of hydrogen-bond acceptors (Lipinski definition) is 3. The summed E-state index contributed by atoms with van der Waals surface area (Å²) in [5.41, 5.74) is 1.15. The first kappa shape index (κ1) is 9.81. The molecule has 0 radical (unpaired) electrons. The lowest BCUT2D eigenvalue weighted by atomic mass is 10.4. The average Bonchev–Trinajstić information content (AvgIpc) is 2.55. The molecule has 0 aliphatic carbocycles. The van der Waals surface area contributed by atoms with Gasteiger partial charge in [0, 0.05) is 13.1 Å². The highest BCUT2D eigenvalue weighted by Crippen LogP contribution is 2.24. The lowest BCUT2D eigenvalue weighted by Gasteiger charge is -2.12. The molecule has 0 unspecified atom stereocenters. The molecule has 68 valence electrons. The Morgan fingerprint density at radius 2 is 2.08 bits per heavy atom. The number of anilines is 1. The molecule has 1 saturated heterocycles. The van der Waals surface area contributed by atoms with E-state index in [0.717, 1.165) is 5.69 Å². The van der Waals surface area contributed by atoms with Gasteiger partial charge in [-0.15, -0.1) is 12.4 Å². The van der Waals surface area contributed by atoms with Gasteiger partial charge in [-0.1, -0.05) is 0 Å². The highest BCUT2D eigenvalue weighted by Gasteiger charge is 2.13. The van der Waals surface area contributed by atoms with Crippen LogP contribution in [0.2, 0.25) is 0 Å². The Hall–Kier alpha value is -0.280. The molecule has 4 heteroatoms. The van der Waals surface area contributed by atoms with Crippen LogP contribution >= 0.6 is 23.9 Å². The normalized spacial score (nSPS) is 16.2. The van der Waals surface area contributed by atoms with Gasteiger partial charge < -0.3 is 4.90 Å². The molecular weight excluding hydrogens is 192 g/mol. The summed E-state index contributed by atoms with van der Waals surface area (Å²) in [6.45, 7) is 4.50. The molecule has 0 N–H and O–H groups in total. The molecule has 1 aliphatic heterocycles. The van der Waals surface area contributed by atoms with Crippen molar-refractivity contribution in [3.05, 3.63) is 11.8 Å². The van der Waals surface area contributed by atoms with Crippen LogP contribution in [0.4, 0.5) is 5.00 Å². The van der Waals surface area contributed by atoms with E-state index in [1.54, 1.807) is 11.5 Å². The van der Waals surface area contributed by atoms with Gasteiger partial charge in [0.1, 0.15) is 5.00 Å². The first-order chi connectivity index (χ1) is 5.36. The zero-order valence-electron chi connectivity index (χ0n) is 7.12. The van der Waals surface area contributed by atoms with E-state index in [2.05, 4.69) is 22.3 Å². The Bertz CT molecular complexity index is 243. The van der Waals surface area contributed by atoms with E-state index in [4.69, 9.17) is 0 Å². The Balaban J connectivity index is 0.000000720. The molecule has 1 aromatic heterocycles. The average molecular weight is 205 g/mol. The fourth-order valence-corrected chi connectivity index (χ4v) is 2.25. The van der Waals surface area contributed by atoms with E-state index >= 15 is 0 Å². The molecule has 2 nitrogen and oxygen atoms in total. The zero-order chi connectivity index (χ0) is 7.68. The maximum atomic E-state index is 4.26. The Morgan fingerprint density at radius 1 is 1.42 bits per heavy atom. The van der Waals surface area contributed by atoms with Crippen molar-refractivity contribution in [2.45, 2.75) is 19.8 Å². The third kappa shape index (κ3) is 1.90. The highest BCUT2D eigenvalue weighted by atomic mass is 35.5. The summed E-state index contributed by atoms with van der Waals surface area (Å²) in [5.74, 6) is 0. The number of aromatic nitrogens is 1. The van der Waals surface area contributed by atoms with Crippen LogP contribution in [-0.2, 0) is 0 Å². The van der Waals surface area contributed by atoms with Crippen molar-refractivity contribution < 1.29 is 0 Å². The second kappa shape index (κ2) is 4.10. The number of rotatable bonds is 1. The predicted molar refractivity (Wildman–Crippen MR) is 55.5 cm³/mol. The Labute approximate surface area is 83.2 Å².